The first-order valence-corrected chi connectivity index (χ1v) is 6.55. The lowest BCUT2D eigenvalue weighted by atomic mass is 9.92. The Bertz CT molecular complexity index is 524. The molecule has 0 unspecified atom stereocenters. The molecule has 1 aromatic heterocycles. The molecule has 0 spiro atoms. The van der Waals surface area contributed by atoms with Crippen LogP contribution in [-0.2, 0) is 17.8 Å². The number of hydrogen-bond donors (Lipinski definition) is 2. The van der Waals surface area contributed by atoms with Gasteiger partial charge in [-0.25, -0.2) is 4.79 Å². The largest absolute Gasteiger partial charge is 0.476 e. The van der Waals surface area contributed by atoms with Crippen LogP contribution in [-0.4, -0.2) is 44.5 Å². The molecule has 2 rings (SSSR count). The number of aromatic nitrogens is 2. The van der Waals surface area contributed by atoms with Crippen LogP contribution in [0.4, 0.5) is 0 Å². The number of nitrogens with zero attached hydrogens (tertiary/aromatic N) is 2. The molecule has 0 aromatic carbocycles. The lowest BCUT2D eigenvalue weighted by molar-refractivity contribution is -0.140. The first-order chi connectivity index (χ1) is 8.86. The Hall–Kier alpha value is -1.56. The van der Waals surface area contributed by atoms with Crippen LogP contribution in [0.5, 0.6) is 0 Å². The highest BCUT2D eigenvalue weighted by molar-refractivity contribution is 6.19. The van der Waals surface area contributed by atoms with E-state index in [1.165, 1.54) is 0 Å². The molecule has 1 aromatic rings. The maximum absolute atomic E-state index is 12.3. The molecule has 2 N–H and O–H groups in total. The van der Waals surface area contributed by atoms with E-state index in [0.717, 1.165) is 0 Å². The fraction of sp³-hybridized carbons (Fsp3) is 0.583. The molecule has 104 valence electrons. The maximum atomic E-state index is 12.3. The Labute approximate surface area is 115 Å². The second-order valence-electron chi connectivity index (χ2n) is 5.33. The smallest absolute Gasteiger partial charge is 0.356 e. The first-order valence-electron chi connectivity index (χ1n) is 6.01. The van der Waals surface area contributed by atoms with E-state index in [2.05, 4.69) is 10.2 Å². The maximum Gasteiger partial charge on any atom is 0.356 e. The number of nitrogens with one attached hydrogen (secondary N) is 1. The lowest BCUT2D eigenvalue weighted by Crippen LogP contribution is -2.44. The van der Waals surface area contributed by atoms with Crippen LogP contribution in [0.25, 0.3) is 0 Å². The van der Waals surface area contributed by atoms with Gasteiger partial charge in [0.15, 0.2) is 5.69 Å². The van der Waals surface area contributed by atoms with Gasteiger partial charge in [-0.2, -0.15) is 5.10 Å². The number of carboxylic acids is 1. The summed E-state index contributed by atoms with van der Waals surface area (Å²) in [6.45, 7) is 4.45. The van der Waals surface area contributed by atoms with Crippen LogP contribution in [0.15, 0.2) is 0 Å². The van der Waals surface area contributed by atoms with Crippen LogP contribution in [0.3, 0.4) is 0 Å². The molecule has 2 heterocycles. The van der Waals surface area contributed by atoms with Gasteiger partial charge in [-0.15, -0.1) is 11.6 Å². The number of halogens is 1. The summed E-state index contributed by atoms with van der Waals surface area (Å²) < 4.78 is 0. The zero-order valence-corrected chi connectivity index (χ0v) is 11.6. The van der Waals surface area contributed by atoms with E-state index in [9.17, 15) is 9.59 Å². The fourth-order valence-electron chi connectivity index (χ4n) is 2.15. The third-order valence-electron chi connectivity index (χ3n) is 3.34. The van der Waals surface area contributed by atoms with Crippen molar-refractivity contribution in [2.45, 2.75) is 26.8 Å². The number of aromatic amines is 1. The van der Waals surface area contributed by atoms with E-state index in [1.54, 1.807) is 18.7 Å². The van der Waals surface area contributed by atoms with Gasteiger partial charge >= 0.3 is 5.97 Å². The summed E-state index contributed by atoms with van der Waals surface area (Å²) in [5.74, 6) is -0.823. The topological polar surface area (TPSA) is 86.3 Å². The Morgan fingerprint density at radius 3 is 2.79 bits per heavy atom. The number of rotatable bonds is 3. The van der Waals surface area contributed by atoms with Crippen molar-refractivity contribution in [3.8, 4) is 0 Å². The van der Waals surface area contributed by atoms with Crippen molar-refractivity contribution in [1.82, 2.24) is 15.1 Å². The molecule has 0 atom stereocenters. The molecule has 0 fully saturated rings. The van der Waals surface area contributed by atoms with Crippen molar-refractivity contribution in [1.29, 1.82) is 0 Å². The molecule has 0 aliphatic carbocycles. The van der Waals surface area contributed by atoms with Gasteiger partial charge in [0.25, 0.3) is 0 Å². The third kappa shape index (κ3) is 2.45. The summed E-state index contributed by atoms with van der Waals surface area (Å²) in [6, 6.07) is 0. The number of fused-ring (bicyclic) bond motifs is 1. The van der Waals surface area contributed by atoms with Crippen LogP contribution in [0.2, 0.25) is 0 Å². The van der Waals surface area contributed by atoms with Crippen molar-refractivity contribution >= 4 is 23.5 Å². The van der Waals surface area contributed by atoms with Crippen molar-refractivity contribution in [3.63, 3.8) is 0 Å². The van der Waals surface area contributed by atoms with Crippen molar-refractivity contribution in [2.75, 3.05) is 12.4 Å². The molecular weight excluding hydrogens is 270 g/mol. The Kier molecular flexibility index (Phi) is 3.54. The Balaban J connectivity index is 2.20. The van der Waals surface area contributed by atoms with Gasteiger partial charge in [0, 0.05) is 18.0 Å². The highest BCUT2D eigenvalue weighted by Gasteiger charge is 2.34. The molecule has 1 amide bonds. The Morgan fingerprint density at radius 2 is 2.21 bits per heavy atom. The lowest BCUT2D eigenvalue weighted by Gasteiger charge is -2.33. The zero-order valence-electron chi connectivity index (χ0n) is 10.9. The number of carbonyl (C=O) groups is 2. The Morgan fingerprint density at radius 1 is 1.53 bits per heavy atom. The van der Waals surface area contributed by atoms with E-state index < -0.39 is 11.4 Å². The highest BCUT2D eigenvalue weighted by Crippen LogP contribution is 2.26. The van der Waals surface area contributed by atoms with Crippen molar-refractivity contribution < 1.29 is 14.7 Å². The van der Waals surface area contributed by atoms with Crippen molar-refractivity contribution in [2.24, 2.45) is 5.41 Å². The molecule has 19 heavy (non-hydrogen) atoms. The minimum absolute atomic E-state index is 0.0281. The molecule has 1 aliphatic heterocycles. The van der Waals surface area contributed by atoms with Gasteiger partial charge in [0.2, 0.25) is 5.91 Å². The number of amides is 1. The van der Waals surface area contributed by atoms with Crippen LogP contribution in [0.1, 0.15) is 35.6 Å². The molecular formula is C12H16ClN3O3. The number of aromatic carboxylic acids is 1. The van der Waals surface area contributed by atoms with Crippen LogP contribution >= 0.6 is 11.6 Å². The quantitative estimate of drug-likeness (QED) is 0.819. The predicted octanol–water partition coefficient (Wildman–Crippen LogP) is 1.26. The predicted molar refractivity (Wildman–Crippen MR) is 69.2 cm³/mol. The summed E-state index contributed by atoms with van der Waals surface area (Å²) in [4.78, 5) is 25.0. The summed E-state index contributed by atoms with van der Waals surface area (Å²) in [5, 5.41) is 15.5. The van der Waals surface area contributed by atoms with Gasteiger partial charge in [0.1, 0.15) is 0 Å². The standard InChI is InChI=1S/C12H16ClN3O3/c1-12(2,6-13)11(19)16-4-3-7-8(5-16)14-15-9(7)10(17)18/h3-6H2,1-2H3,(H,14,15)(H,17,18). The minimum Gasteiger partial charge on any atom is -0.476 e. The van der Waals surface area contributed by atoms with Gasteiger partial charge in [-0.3, -0.25) is 9.89 Å². The first kappa shape index (κ1) is 13.9. The molecule has 7 heteroatoms. The average Bonchev–Trinajstić information content (AvgIpc) is 2.80. The van der Waals surface area contributed by atoms with Crippen LogP contribution in [0, 0.1) is 5.41 Å². The number of carboxylic acid groups (broad SMARTS) is 1. The molecule has 1 aliphatic rings. The molecule has 0 radical (unpaired) electrons. The SMILES string of the molecule is CC(C)(CCl)C(=O)N1CCc2c(C(=O)O)n[nH]c2C1. The van der Waals surface area contributed by atoms with Crippen LogP contribution < -0.4 is 0 Å². The highest BCUT2D eigenvalue weighted by atomic mass is 35.5. The minimum atomic E-state index is -1.04. The van der Waals surface area contributed by atoms with E-state index in [1.807, 2.05) is 0 Å². The third-order valence-corrected chi connectivity index (χ3v) is 4.00. The molecule has 0 bridgehead atoms. The molecule has 0 saturated heterocycles. The second kappa shape index (κ2) is 4.85. The van der Waals surface area contributed by atoms with E-state index in [-0.39, 0.29) is 17.5 Å². The van der Waals surface area contributed by atoms with Gasteiger partial charge in [-0.05, 0) is 20.3 Å². The zero-order chi connectivity index (χ0) is 14.2. The van der Waals surface area contributed by atoms with Gasteiger partial charge < -0.3 is 10.0 Å². The molecule has 0 saturated carbocycles. The van der Waals surface area contributed by atoms with E-state index in [0.29, 0.717) is 30.8 Å². The number of carbonyl (C=O) groups excluding carboxylic acids is 1. The second-order valence-corrected chi connectivity index (χ2v) is 5.60. The van der Waals surface area contributed by atoms with Gasteiger partial charge in [0.05, 0.1) is 17.7 Å². The van der Waals surface area contributed by atoms with Gasteiger partial charge in [-0.1, -0.05) is 0 Å². The number of hydrogen-bond acceptors (Lipinski definition) is 3. The van der Waals surface area contributed by atoms with E-state index in [4.69, 9.17) is 16.7 Å². The van der Waals surface area contributed by atoms with E-state index >= 15 is 0 Å². The number of alkyl halides is 1. The number of H-pyrrole nitrogens is 1. The monoisotopic (exact) mass is 285 g/mol. The summed E-state index contributed by atoms with van der Waals surface area (Å²) in [7, 11) is 0. The molecule has 6 nitrogen and oxygen atoms in total. The fourth-order valence-corrected chi connectivity index (χ4v) is 2.27. The summed E-state index contributed by atoms with van der Waals surface area (Å²) >= 11 is 5.81. The summed E-state index contributed by atoms with van der Waals surface area (Å²) in [6.07, 6.45) is 0.498. The normalized spacial score (nSPS) is 15.2. The van der Waals surface area contributed by atoms with Crippen molar-refractivity contribution in [3.05, 3.63) is 17.0 Å². The average molecular weight is 286 g/mol. The summed E-state index contributed by atoms with van der Waals surface area (Å²) in [5.41, 5.74) is 0.829.